The molecular formula is C23H39N3O4S. The van der Waals surface area contributed by atoms with Crippen molar-refractivity contribution < 1.29 is 19.5 Å². The van der Waals surface area contributed by atoms with Gasteiger partial charge in [-0.3, -0.25) is 14.4 Å². The van der Waals surface area contributed by atoms with Crippen molar-refractivity contribution in [1.29, 1.82) is 0 Å². The molecule has 0 aliphatic carbocycles. The van der Waals surface area contributed by atoms with Gasteiger partial charge in [-0.05, 0) is 45.4 Å². The molecule has 3 saturated heterocycles. The molecule has 0 aromatic carbocycles. The summed E-state index contributed by atoms with van der Waals surface area (Å²) in [7, 11) is 0. The summed E-state index contributed by atoms with van der Waals surface area (Å²) >= 11 is 1.67. The van der Waals surface area contributed by atoms with Crippen molar-refractivity contribution in [2.75, 3.05) is 13.2 Å². The van der Waals surface area contributed by atoms with Crippen LogP contribution in [0.15, 0.2) is 0 Å². The van der Waals surface area contributed by atoms with E-state index in [4.69, 9.17) is 0 Å². The van der Waals surface area contributed by atoms with Crippen molar-refractivity contribution in [3.05, 3.63) is 0 Å². The van der Waals surface area contributed by atoms with Crippen LogP contribution in [0.1, 0.15) is 61.3 Å². The first kappa shape index (κ1) is 24.4. The zero-order chi connectivity index (χ0) is 23.3. The number of hydrogen-bond donors (Lipinski definition) is 3. The molecule has 3 unspecified atom stereocenters. The minimum Gasteiger partial charge on any atom is -0.394 e. The van der Waals surface area contributed by atoms with Gasteiger partial charge in [0.1, 0.15) is 6.04 Å². The number of carbonyl (C=O) groups excluding carboxylic acids is 3. The number of hydrogen-bond acceptors (Lipinski definition) is 5. The fraction of sp³-hybridized carbons (Fsp3) is 0.870. The van der Waals surface area contributed by atoms with Crippen molar-refractivity contribution >= 4 is 29.5 Å². The molecular weight excluding hydrogens is 414 g/mol. The molecule has 0 radical (unpaired) electrons. The smallest absolute Gasteiger partial charge is 0.244 e. The Kier molecular flexibility index (Phi) is 6.74. The second-order valence-corrected chi connectivity index (χ2v) is 12.4. The Labute approximate surface area is 190 Å². The first-order valence-corrected chi connectivity index (χ1v) is 12.5. The van der Waals surface area contributed by atoms with Crippen molar-refractivity contribution in [2.24, 2.45) is 23.7 Å². The third kappa shape index (κ3) is 3.88. The average Bonchev–Trinajstić information content (AvgIpc) is 3.23. The van der Waals surface area contributed by atoms with Crippen LogP contribution in [0.3, 0.4) is 0 Å². The summed E-state index contributed by atoms with van der Waals surface area (Å²) in [5.41, 5.74) is -0.449. The fourth-order valence-corrected chi connectivity index (χ4v) is 8.25. The lowest BCUT2D eigenvalue weighted by Gasteiger charge is -2.41. The maximum absolute atomic E-state index is 13.9. The lowest BCUT2D eigenvalue weighted by Crippen LogP contribution is -2.61. The van der Waals surface area contributed by atoms with Crippen LogP contribution in [-0.2, 0) is 14.4 Å². The molecule has 7 atom stereocenters. The summed E-state index contributed by atoms with van der Waals surface area (Å²) in [5.74, 6) is -1.27. The van der Waals surface area contributed by atoms with Crippen molar-refractivity contribution in [1.82, 2.24) is 15.5 Å². The van der Waals surface area contributed by atoms with Crippen LogP contribution in [0.5, 0.6) is 0 Å². The molecule has 3 aliphatic heterocycles. The van der Waals surface area contributed by atoms with E-state index in [2.05, 4.69) is 17.6 Å². The van der Waals surface area contributed by atoms with E-state index >= 15 is 0 Å². The van der Waals surface area contributed by atoms with E-state index in [1.807, 2.05) is 41.5 Å². The Morgan fingerprint density at radius 2 is 1.94 bits per heavy atom. The zero-order valence-electron chi connectivity index (χ0n) is 19.9. The summed E-state index contributed by atoms with van der Waals surface area (Å²) in [5, 5.41) is 16.3. The molecule has 8 heteroatoms. The first-order chi connectivity index (χ1) is 14.4. The second-order valence-electron chi connectivity index (χ2n) is 10.8. The van der Waals surface area contributed by atoms with E-state index < -0.39 is 34.2 Å². The molecule has 0 aromatic rings. The van der Waals surface area contributed by atoms with Gasteiger partial charge in [0.25, 0.3) is 0 Å². The topological polar surface area (TPSA) is 98.7 Å². The van der Waals surface area contributed by atoms with Crippen LogP contribution in [0.2, 0.25) is 0 Å². The highest BCUT2D eigenvalue weighted by Gasteiger charge is 2.76. The minimum atomic E-state index is -0.697. The predicted molar refractivity (Wildman–Crippen MR) is 122 cm³/mol. The summed E-state index contributed by atoms with van der Waals surface area (Å²) < 4.78 is -0.645. The predicted octanol–water partition coefficient (Wildman–Crippen LogP) is 1.78. The Hall–Kier alpha value is -1.28. The molecule has 3 N–H and O–H groups in total. The number of thioether (sulfide) groups is 1. The number of nitrogens with zero attached hydrogens (tertiary/aromatic N) is 1. The normalized spacial score (nSPS) is 35.5. The highest BCUT2D eigenvalue weighted by Crippen LogP contribution is 2.68. The Morgan fingerprint density at radius 1 is 1.29 bits per heavy atom. The zero-order valence-corrected chi connectivity index (χ0v) is 20.7. The molecule has 176 valence electrons. The molecule has 31 heavy (non-hydrogen) atoms. The average molecular weight is 454 g/mol. The van der Waals surface area contributed by atoms with E-state index in [9.17, 15) is 19.5 Å². The van der Waals surface area contributed by atoms with Crippen LogP contribution in [0.25, 0.3) is 0 Å². The van der Waals surface area contributed by atoms with E-state index in [0.717, 1.165) is 12.8 Å². The Bertz CT molecular complexity index is 737. The number of aliphatic hydroxyl groups is 1. The van der Waals surface area contributed by atoms with Gasteiger partial charge < -0.3 is 20.6 Å². The van der Waals surface area contributed by atoms with Gasteiger partial charge in [-0.25, -0.2) is 0 Å². The highest BCUT2D eigenvalue weighted by molar-refractivity contribution is 8.02. The lowest BCUT2D eigenvalue weighted by atomic mass is 9.65. The lowest BCUT2D eigenvalue weighted by molar-refractivity contribution is -0.144. The fourth-order valence-electron chi connectivity index (χ4n) is 5.84. The standard InChI is InChI=1S/C23H39N3O4S/c1-8-9-24-19(28)16-15-10-13(4)23(31-15)17(16)21(30)26(14(11-27)12(2)3)18(23)20(29)25-22(5,6)7/h12-18,27H,8-11H2,1-7H3,(H,24,28)(H,25,29)/t13?,14-,15-,16+,17-,18?,23?/m0/s1. The molecule has 3 rings (SSSR count). The maximum Gasteiger partial charge on any atom is 0.244 e. The van der Waals surface area contributed by atoms with Gasteiger partial charge in [0.05, 0.1) is 29.2 Å². The van der Waals surface area contributed by atoms with E-state index in [0.29, 0.717) is 6.54 Å². The number of fused-ring (bicyclic) bond motifs is 1. The third-order valence-electron chi connectivity index (χ3n) is 7.10. The molecule has 3 heterocycles. The highest BCUT2D eigenvalue weighted by atomic mass is 32.2. The molecule has 1 spiro atoms. The van der Waals surface area contributed by atoms with Gasteiger partial charge >= 0.3 is 0 Å². The monoisotopic (exact) mass is 453 g/mol. The van der Waals surface area contributed by atoms with E-state index in [-0.39, 0.29) is 41.4 Å². The van der Waals surface area contributed by atoms with Crippen molar-refractivity contribution in [3.8, 4) is 0 Å². The number of nitrogens with one attached hydrogen (secondary N) is 2. The van der Waals surface area contributed by atoms with Crippen LogP contribution in [-0.4, -0.2) is 68.5 Å². The third-order valence-corrected chi connectivity index (χ3v) is 9.17. The Balaban J connectivity index is 2.09. The Morgan fingerprint density at radius 3 is 2.45 bits per heavy atom. The first-order valence-electron chi connectivity index (χ1n) is 11.6. The number of aliphatic hydroxyl groups excluding tert-OH is 1. The minimum absolute atomic E-state index is 0.0148. The molecule has 7 nitrogen and oxygen atoms in total. The van der Waals surface area contributed by atoms with E-state index in [1.165, 1.54) is 0 Å². The molecule has 0 saturated carbocycles. The molecule has 3 fully saturated rings. The van der Waals surface area contributed by atoms with Gasteiger partial charge in [0, 0.05) is 17.3 Å². The molecule has 3 amide bonds. The van der Waals surface area contributed by atoms with Crippen LogP contribution < -0.4 is 10.6 Å². The second kappa shape index (κ2) is 8.58. The van der Waals surface area contributed by atoms with Crippen LogP contribution >= 0.6 is 11.8 Å². The van der Waals surface area contributed by atoms with Crippen LogP contribution in [0, 0.1) is 23.7 Å². The number of rotatable bonds is 7. The summed E-state index contributed by atoms with van der Waals surface area (Å²) in [6, 6.07) is -1.16. The molecule has 0 aromatic heterocycles. The van der Waals surface area contributed by atoms with Gasteiger partial charge in [0.2, 0.25) is 17.7 Å². The van der Waals surface area contributed by atoms with Gasteiger partial charge in [-0.1, -0.05) is 27.7 Å². The number of likely N-dealkylation sites (tertiary alicyclic amines) is 1. The quantitative estimate of drug-likeness (QED) is 0.546. The van der Waals surface area contributed by atoms with Gasteiger partial charge in [0.15, 0.2) is 0 Å². The summed E-state index contributed by atoms with van der Waals surface area (Å²) in [6.07, 6.45) is 1.65. The van der Waals surface area contributed by atoms with Crippen LogP contribution in [0.4, 0.5) is 0 Å². The maximum atomic E-state index is 13.9. The SMILES string of the molecule is CCCNC(=O)[C@@H]1[C@@H]2CC(C)C3(S2)C(C(=O)NC(C)(C)C)N([C@@H](CO)C(C)C)C(=O)[C@H]13. The summed E-state index contributed by atoms with van der Waals surface area (Å²) in [6.45, 7) is 14.2. The number of carbonyl (C=O) groups is 3. The van der Waals surface area contributed by atoms with E-state index in [1.54, 1.807) is 16.7 Å². The molecule has 2 bridgehead atoms. The van der Waals surface area contributed by atoms with Crippen molar-refractivity contribution in [2.45, 2.75) is 88.9 Å². The molecule has 3 aliphatic rings. The van der Waals surface area contributed by atoms with Gasteiger partial charge in [-0.15, -0.1) is 11.8 Å². The van der Waals surface area contributed by atoms with Gasteiger partial charge in [-0.2, -0.15) is 0 Å². The largest absolute Gasteiger partial charge is 0.394 e. The number of amides is 3. The summed E-state index contributed by atoms with van der Waals surface area (Å²) in [4.78, 5) is 42.4. The van der Waals surface area contributed by atoms with Crippen molar-refractivity contribution in [3.63, 3.8) is 0 Å².